The molecule has 0 radical (unpaired) electrons. The third kappa shape index (κ3) is 7.72. The molecule has 4 heterocycles. The summed E-state index contributed by atoms with van der Waals surface area (Å²) in [5, 5.41) is 10.4. The third-order valence-corrected chi connectivity index (χ3v) is 8.82. The van der Waals surface area contributed by atoms with Crippen molar-refractivity contribution in [2.45, 2.75) is 78.1 Å². The van der Waals surface area contributed by atoms with Gasteiger partial charge >= 0.3 is 0 Å². The number of rotatable bonds is 14. The van der Waals surface area contributed by atoms with Crippen molar-refractivity contribution < 1.29 is 23.1 Å². The van der Waals surface area contributed by atoms with Gasteiger partial charge in [-0.15, -0.1) is 0 Å². The first kappa shape index (κ1) is 34.4. The van der Waals surface area contributed by atoms with Gasteiger partial charge in [-0.05, 0) is 56.9 Å². The Hall–Kier alpha value is -5.46. The first-order chi connectivity index (χ1) is 24.2. The molecule has 0 bridgehead atoms. The number of ether oxygens (including phenoxy) is 1. The lowest BCUT2D eigenvalue weighted by atomic mass is 10.1. The third-order valence-electron chi connectivity index (χ3n) is 8.82. The van der Waals surface area contributed by atoms with Gasteiger partial charge in [0.15, 0.2) is 23.1 Å². The standard InChI is InChI=1S/C37H39F2N7O4/c1-23(2)45-16-17-46-26(19-31(47)35(34(46)37(45)49)50-22-24-10-6-5-7-11-24)20-40-32(48)13-9-4-3-8-12-30-28(39)21-41-36(42-30)33-27-18-25(38)14-15-29(27)43-44-33/h5-7,10-11,14-15,18-19,21,23H,3-4,8-9,12-13,16-17,20,22H2,1-2H3,(H,40,48)(H,43,44). The molecule has 3 aromatic heterocycles. The Kier molecular flexibility index (Phi) is 10.6. The number of carbonyl (C=O) groups is 2. The van der Waals surface area contributed by atoms with Crippen LogP contribution in [-0.2, 0) is 30.9 Å². The topological polar surface area (TPSA) is 135 Å². The van der Waals surface area contributed by atoms with Crippen LogP contribution in [0.25, 0.3) is 22.4 Å². The highest BCUT2D eigenvalue weighted by Gasteiger charge is 2.32. The van der Waals surface area contributed by atoms with E-state index in [1.54, 1.807) is 15.5 Å². The Balaban J connectivity index is 1.01. The van der Waals surface area contributed by atoms with Crippen LogP contribution in [-0.4, -0.2) is 54.0 Å². The summed E-state index contributed by atoms with van der Waals surface area (Å²) in [5.41, 5.74) is 2.45. The van der Waals surface area contributed by atoms with Gasteiger partial charge in [0.1, 0.15) is 18.1 Å². The van der Waals surface area contributed by atoms with Gasteiger partial charge in [-0.1, -0.05) is 43.2 Å². The van der Waals surface area contributed by atoms with Crippen LogP contribution in [0.4, 0.5) is 8.78 Å². The summed E-state index contributed by atoms with van der Waals surface area (Å²) >= 11 is 0. The van der Waals surface area contributed by atoms with Gasteiger partial charge in [0.25, 0.3) is 5.91 Å². The molecule has 260 valence electrons. The van der Waals surface area contributed by atoms with Gasteiger partial charge in [-0.2, -0.15) is 5.10 Å². The van der Waals surface area contributed by atoms with E-state index in [0.29, 0.717) is 54.6 Å². The van der Waals surface area contributed by atoms with Gasteiger partial charge < -0.3 is 19.5 Å². The lowest BCUT2D eigenvalue weighted by Gasteiger charge is -2.35. The number of halogens is 2. The number of benzene rings is 2. The smallest absolute Gasteiger partial charge is 0.274 e. The number of aromatic nitrogens is 5. The molecule has 2 N–H and O–H groups in total. The summed E-state index contributed by atoms with van der Waals surface area (Å²) in [4.78, 5) is 49.7. The molecule has 6 rings (SSSR count). The average Bonchev–Trinajstić information content (AvgIpc) is 3.52. The molecule has 2 amide bonds. The highest BCUT2D eigenvalue weighted by atomic mass is 19.1. The molecule has 50 heavy (non-hydrogen) atoms. The van der Waals surface area contributed by atoms with Crippen LogP contribution < -0.4 is 15.5 Å². The van der Waals surface area contributed by atoms with Crippen LogP contribution in [0, 0.1) is 11.6 Å². The molecule has 0 spiro atoms. The van der Waals surface area contributed by atoms with Crippen LogP contribution in [0.2, 0.25) is 0 Å². The summed E-state index contributed by atoms with van der Waals surface area (Å²) in [6.07, 6.45) is 4.55. The van der Waals surface area contributed by atoms with Crippen molar-refractivity contribution in [3.8, 4) is 17.3 Å². The number of carbonyl (C=O) groups excluding carboxylic acids is 2. The molecule has 0 aliphatic carbocycles. The first-order valence-electron chi connectivity index (χ1n) is 16.9. The first-order valence-corrected chi connectivity index (χ1v) is 16.9. The zero-order valence-corrected chi connectivity index (χ0v) is 28.0. The molecule has 1 aliphatic rings. The number of hydrogen-bond acceptors (Lipinski definition) is 7. The predicted octanol–water partition coefficient (Wildman–Crippen LogP) is 5.71. The van der Waals surface area contributed by atoms with Crippen LogP contribution in [0.1, 0.15) is 73.4 Å². The minimum Gasteiger partial charge on any atom is -0.483 e. The Morgan fingerprint density at radius 2 is 1.82 bits per heavy atom. The number of aryl methyl sites for hydroxylation is 1. The Labute approximate surface area is 287 Å². The number of pyridine rings is 1. The van der Waals surface area contributed by atoms with Gasteiger partial charge in [0, 0.05) is 42.7 Å². The molecule has 0 unspecified atom stereocenters. The molecule has 5 aromatic rings. The number of hydrogen-bond donors (Lipinski definition) is 2. The van der Waals surface area contributed by atoms with Gasteiger partial charge in [-0.3, -0.25) is 19.5 Å². The van der Waals surface area contributed by atoms with E-state index in [-0.39, 0.29) is 60.4 Å². The van der Waals surface area contributed by atoms with Gasteiger partial charge in [0.05, 0.1) is 24.0 Å². The number of unbranched alkanes of at least 4 members (excludes halogenated alkanes) is 3. The monoisotopic (exact) mass is 683 g/mol. The number of H-pyrrole nitrogens is 1. The Bertz CT molecular complexity index is 2060. The normalized spacial score (nSPS) is 12.8. The summed E-state index contributed by atoms with van der Waals surface area (Å²) < 4.78 is 36.1. The van der Waals surface area contributed by atoms with Crippen molar-refractivity contribution in [2.24, 2.45) is 0 Å². The van der Waals surface area contributed by atoms with Crippen molar-refractivity contribution in [3.05, 3.63) is 105 Å². The Morgan fingerprint density at radius 1 is 1.02 bits per heavy atom. The van der Waals surface area contributed by atoms with E-state index >= 15 is 0 Å². The molecule has 11 nitrogen and oxygen atoms in total. The maximum atomic E-state index is 14.5. The molecular formula is C37H39F2N7O4. The van der Waals surface area contributed by atoms with Crippen molar-refractivity contribution in [2.75, 3.05) is 6.54 Å². The highest BCUT2D eigenvalue weighted by molar-refractivity contribution is 5.96. The molecule has 13 heteroatoms. The fraction of sp³-hybridized carbons (Fsp3) is 0.351. The summed E-state index contributed by atoms with van der Waals surface area (Å²) in [6, 6.07) is 15.0. The van der Waals surface area contributed by atoms with Gasteiger partial charge in [-0.25, -0.2) is 18.7 Å². The highest BCUT2D eigenvalue weighted by Crippen LogP contribution is 2.26. The second kappa shape index (κ2) is 15.4. The summed E-state index contributed by atoms with van der Waals surface area (Å²) in [5.74, 6) is -1.15. The predicted molar refractivity (Wildman–Crippen MR) is 183 cm³/mol. The van der Waals surface area contributed by atoms with E-state index in [1.165, 1.54) is 18.2 Å². The average molecular weight is 684 g/mol. The maximum Gasteiger partial charge on any atom is 0.274 e. The molecule has 0 saturated carbocycles. The minimum absolute atomic E-state index is 0.0161. The SMILES string of the molecule is CC(C)N1CCn2c(CNC(=O)CCCCCCc3nc(-c4n[nH]c5ccc(F)cc45)ncc3F)cc(=O)c(OCc3ccccc3)c2C1=O. The van der Waals surface area contributed by atoms with Gasteiger partial charge in [0.2, 0.25) is 11.3 Å². The largest absolute Gasteiger partial charge is 0.483 e. The number of fused-ring (bicyclic) bond motifs is 2. The van der Waals surface area contributed by atoms with E-state index in [4.69, 9.17) is 4.74 Å². The fourth-order valence-corrected chi connectivity index (χ4v) is 6.16. The van der Waals surface area contributed by atoms with E-state index in [2.05, 4.69) is 25.5 Å². The minimum atomic E-state index is -0.519. The number of nitrogens with one attached hydrogen (secondary N) is 2. The molecular weight excluding hydrogens is 644 g/mol. The maximum absolute atomic E-state index is 14.5. The lowest BCUT2D eigenvalue weighted by Crippen LogP contribution is -2.46. The summed E-state index contributed by atoms with van der Waals surface area (Å²) in [7, 11) is 0. The Morgan fingerprint density at radius 3 is 2.62 bits per heavy atom. The van der Waals surface area contributed by atoms with Crippen LogP contribution >= 0.6 is 0 Å². The second-order valence-corrected chi connectivity index (χ2v) is 12.6. The molecule has 1 aliphatic heterocycles. The van der Waals surface area contributed by atoms with Crippen molar-refractivity contribution >= 4 is 22.7 Å². The van der Waals surface area contributed by atoms with Crippen LogP contribution in [0.15, 0.2) is 65.6 Å². The molecule has 0 saturated heterocycles. The number of nitrogens with zero attached hydrogens (tertiary/aromatic N) is 5. The molecule has 2 aromatic carbocycles. The van der Waals surface area contributed by atoms with E-state index in [9.17, 15) is 23.2 Å². The van der Waals surface area contributed by atoms with E-state index in [1.807, 2.05) is 44.2 Å². The van der Waals surface area contributed by atoms with Crippen LogP contribution in [0.5, 0.6) is 5.75 Å². The number of aromatic amines is 1. The fourth-order valence-electron chi connectivity index (χ4n) is 6.16. The van der Waals surface area contributed by atoms with E-state index in [0.717, 1.165) is 24.6 Å². The van der Waals surface area contributed by atoms with Crippen molar-refractivity contribution in [3.63, 3.8) is 0 Å². The second-order valence-electron chi connectivity index (χ2n) is 12.6. The van der Waals surface area contributed by atoms with Crippen LogP contribution in [0.3, 0.4) is 0 Å². The molecule has 0 fully saturated rings. The number of amides is 2. The van der Waals surface area contributed by atoms with Crippen molar-refractivity contribution in [1.82, 2.24) is 34.9 Å². The van der Waals surface area contributed by atoms with E-state index < -0.39 is 17.1 Å². The zero-order valence-electron chi connectivity index (χ0n) is 28.0. The zero-order chi connectivity index (χ0) is 35.2. The van der Waals surface area contributed by atoms with Crippen molar-refractivity contribution in [1.29, 1.82) is 0 Å². The summed E-state index contributed by atoms with van der Waals surface area (Å²) in [6.45, 7) is 5.05. The molecule has 0 atom stereocenters. The lowest BCUT2D eigenvalue weighted by molar-refractivity contribution is -0.121. The quantitative estimate of drug-likeness (QED) is 0.143.